The van der Waals surface area contributed by atoms with Crippen LogP contribution in [0.25, 0.3) is 0 Å². The molecule has 0 aromatic rings. The SMILES string of the molecule is CCC(C(N)=O)C1(O)CCCCCC1. The van der Waals surface area contributed by atoms with Crippen LogP contribution in [0.15, 0.2) is 0 Å². The van der Waals surface area contributed by atoms with Gasteiger partial charge in [-0.1, -0.05) is 32.6 Å². The average Bonchev–Trinajstić information content (AvgIpc) is 2.31. The quantitative estimate of drug-likeness (QED) is 0.678. The number of carbonyl (C=O) groups is 1. The summed E-state index contributed by atoms with van der Waals surface area (Å²) >= 11 is 0. The lowest BCUT2D eigenvalue weighted by molar-refractivity contribution is -0.132. The Labute approximate surface area is 85.7 Å². The van der Waals surface area contributed by atoms with Crippen LogP contribution in [-0.4, -0.2) is 16.6 Å². The monoisotopic (exact) mass is 199 g/mol. The third-order valence-electron chi connectivity index (χ3n) is 3.37. The molecule has 3 nitrogen and oxygen atoms in total. The summed E-state index contributed by atoms with van der Waals surface area (Å²) in [7, 11) is 0. The Bertz CT molecular complexity index is 195. The van der Waals surface area contributed by atoms with E-state index in [1.165, 1.54) is 0 Å². The molecule has 1 rings (SSSR count). The van der Waals surface area contributed by atoms with Gasteiger partial charge in [-0.3, -0.25) is 4.79 Å². The maximum Gasteiger partial charge on any atom is 0.223 e. The molecule has 0 aliphatic heterocycles. The molecule has 1 aliphatic rings. The number of hydrogen-bond donors (Lipinski definition) is 2. The van der Waals surface area contributed by atoms with Crippen LogP contribution in [0.2, 0.25) is 0 Å². The van der Waals surface area contributed by atoms with E-state index >= 15 is 0 Å². The standard InChI is InChI=1S/C11H21NO2/c1-2-9(10(12)13)11(14)7-5-3-4-6-8-11/h9,14H,2-8H2,1H3,(H2,12,13). The fraction of sp³-hybridized carbons (Fsp3) is 0.909. The normalized spacial score (nSPS) is 23.9. The average molecular weight is 199 g/mol. The number of amides is 1. The van der Waals surface area contributed by atoms with Crippen molar-refractivity contribution in [2.75, 3.05) is 0 Å². The van der Waals surface area contributed by atoms with Crippen molar-refractivity contribution in [3.63, 3.8) is 0 Å². The second-order valence-corrected chi connectivity index (χ2v) is 4.38. The van der Waals surface area contributed by atoms with Gasteiger partial charge >= 0.3 is 0 Å². The van der Waals surface area contributed by atoms with Gasteiger partial charge in [0.1, 0.15) is 0 Å². The van der Waals surface area contributed by atoms with E-state index in [0.717, 1.165) is 38.5 Å². The largest absolute Gasteiger partial charge is 0.389 e. The van der Waals surface area contributed by atoms with E-state index < -0.39 is 5.60 Å². The van der Waals surface area contributed by atoms with Crippen molar-refractivity contribution in [1.82, 2.24) is 0 Å². The second kappa shape index (κ2) is 4.78. The maximum absolute atomic E-state index is 11.2. The minimum atomic E-state index is -0.822. The summed E-state index contributed by atoms with van der Waals surface area (Å²) in [5.41, 5.74) is 4.49. The minimum Gasteiger partial charge on any atom is -0.389 e. The zero-order chi connectivity index (χ0) is 10.6. The molecule has 1 fully saturated rings. The first-order valence-electron chi connectivity index (χ1n) is 5.62. The number of rotatable bonds is 3. The molecule has 0 bridgehead atoms. The smallest absolute Gasteiger partial charge is 0.223 e. The van der Waals surface area contributed by atoms with Crippen molar-refractivity contribution in [2.45, 2.75) is 57.5 Å². The molecule has 0 heterocycles. The van der Waals surface area contributed by atoms with Crippen LogP contribution in [0.5, 0.6) is 0 Å². The second-order valence-electron chi connectivity index (χ2n) is 4.38. The number of carbonyl (C=O) groups excluding carboxylic acids is 1. The summed E-state index contributed by atoms with van der Waals surface area (Å²) in [6, 6.07) is 0. The fourth-order valence-corrected chi connectivity index (χ4v) is 2.54. The van der Waals surface area contributed by atoms with Crippen LogP contribution in [0.4, 0.5) is 0 Å². The van der Waals surface area contributed by atoms with E-state index in [1.54, 1.807) is 0 Å². The Morgan fingerprint density at radius 2 is 1.86 bits per heavy atom. The molecule has 0 spiro atoms. The fourth-order valence-electron chi connectivity index (χ4n) is 2.54. The van der Waals surface area contributed by atoms with Gasteiger partial charge in [-0.05, 0) is 19.3 Å². The van der Waals surface area contributed by atoms with Crippen molar-refractivity contribution in [1.29, 1.82) is 0 Å². The van der Waals surface area contributed by atoms with E-state index in [-0.39, 0.29) is 11.8 Å². The van der Waals surface area contributed by atoms with Gasteiger partial charge in [0, 0.05) is 0 Å². The van der Waals surface area contributed by atoms with Crippen molar-refractivity contribution >= 4 is 5.91 Å². The molecule has 1 atom stereocenters. The first-order chi connectivity index (χ1) is 6.60. The first-order valence-corrected chi connectivity index (χ1v) is 5.62. The van der Waals surface area contributed by atoms with Gasteiger partial charge in [0.15, 0.2) is 0 Å². The Hall–Kier alpha value is -0.570. The summed E-state index contributed by atoms with van der Waals surface area (Å²) in [5, 5.41) is 10.4. The van der Waals surface area contributed by atoms with Crippen LogP contribution < -0.4 is 5.73 Å². The molecule has 3 N–H and O–H groups in total. The molecule has 0 aromatic carbocycles. The highest BCUT2D eigenvalue weighted by atomic mass is 16.3. The van der Waals surface area contributed by atoms with Gasteiger partial charge in [0.05, 0.1) is 11.5 Å². The van der Waals surface area contributed by atoms with Crippen molar-refractivity contribution < 1.29 is 9.90 Å². The maximum atomic E-state index is 11.2. The lowest BCUT2D eigenvalue weighted by Gasteiger charge is -2.33. The van der Waals surface area contributed by atoms with Gasteiger partial charge in [-0.2, -0.15) is 0 Å². The van der Waals surface area contributed by atoms with Gasteiger partial charge in [0.2, 0.25) is 5.91 Å². The summed E-state index contributed by atoms with van der Waals surface area (Å²) in [6.45, 7) is 1.91. The van der Waals surface area contributed by atoms with Crippen LogP contribution in [0, 0.1) is 5.92 Å². The summed E-state index contributed by atoms with van der Waals surface area (Å²) < 4.78 is 0. The van der Waals surface area contributed by atoms with E-state index in [0.29, 0.717) is 6.42 Å². The number of hydrogen-bond acceptors (Lipinski definition) is 2. The highest BCUT2D eigenvalue weighted by Gasteiger charge is 2.38. The topological polar surface area (TPSA) is 63.3 Å². The van der Waals surface area contributed by atoms with Crippen LogP contribution in [0.3, 0.4) is 0 Å². The molecular formula is C11H21NO2. The number of primary amides is 1. The predicted molar refractivity (Wildman–Crippen MR) is 55.6 cm³/mol. The molecule has 82 valence electrons. The van der Waals surface area contributed by atoms with Gasteiger partial charge < -0.3 is 10.8 Å². The highest BCUT2D eigenvalue weighted by molar-refractivity contribution is 5.77. The molecule has 1 amide bonds. The molecule has 0 radical (unpaired) electrons. The number of aliphatic hydroxyl groups is 1. The highest BCUT2D eigenvalue weighted by Crippen LogP contribution is 2.34. The minimum absolute atomic E-state index is 0.350. The Balaban J connectivity index is 2.72. The Morgan fingerprint density at radius 3 is 2.21 bits per heavy atom. The lowest BCUT2D eigenvalue weighted by Crippen LogP contribution is -2.44. The van der Waals surface area contributed by atoms with Crippen molar-refractivity contribution in [2.24, 2.45) is 11.7 Å². The van der Waals surface area contributed by atoms with Crippen LogP contribution >= 0.6 is 0 Å². The van der Waals surface area contributed by atoms with Crippen LogP contribution in [0.1, 0.15) is 51.9 Å². The molecular weight excluding hydrogens is 178 g/mol. The molecule has 0 aromatic heterocycles. The van der Waals surface area contributed by atoms with E-state index in [2.05, 4.69) is 0 Å². The Kier molecular flexibility index (Phi) is 3.93. The number of nitrogens with two attached hydrogens (primary N) is 1. The molecule has 1 saturated carbocycles. The van der Waals surface area contributed by atoms with Crippen LogP contribution in [-0.2, 0) is 4.79 Å². The zero-order valence-corrected chi connectivity index (χ0v) is 8.96. The Morgan fingerprint density at radius 1 is 1.36 bits per heavy atom. The molecule has 1 aliphatic carbocycles. The summed E-state index contributed by atoms with van der Waals surface area (Å²) in [4.78, 5) is 11.2. The predicted octanol–water partition coefficient (Wildman–Crippen LogP) is 1.58. The molecule has 14 heavy (non-hydrogen) atoms. The van der Waals surface area contributed by atoms with E-state index in [4.69, 9.17) is 5.73 Å². The third kappa shape index (κ3) is 2.47. The van der Waals surface area contributed by atoms with Crippen molar-refractivity contribution in [3.8, 4) is 0 Å². The van der Waals surface area contributed by atoms with E-state index in [1.807, 2.05) is 6.92 Å². The first kappa shape index (κ1) is 11.5. The van der Waals surface area contributed by atoms with Crippen molar-refractivity contribution in [3.05, 3.63) is 0 Å². The molecule has 3 heteroatoms. The summed E-state index contributed by atoms with van der Waals surface area (Å²) in [6.07, 6.45) is 6.46. The summed E-state index contributed by atoms with van der Waals surface area (Å²) in [5.74, 6) is -0.711. The van der Waals surface area contributed by atoms with E-state index in [9.17, 15) is 9.90 Å². The van der Waals surface area contributed by atoms with Gasteiger partial charge in [-0.25, -0.2) is 0 Å². The van der Waals surface area contributed by atoms with Gasteiger partial charge in [-0.15, -0.1) is 0 Å². The lowest BCUT2D eigenvalue weighted by atomic mass is 9.79. The van der Waals surface area contributed by atoms with Gasteiger partial charge in [0.25, 0.3) is 0 Å². The third-order valence-corrected chi connectivity index (χ3v) is 3.37. The molecule has 1 unspecified atom stereocenters. The zero-order valence-electron chi connectivity index (χ0n) is 8.96. The molecule has 0 saturated heterocycles.